The van der Waals surface area contributed by atoms with Crippen molar-refractivity contribution in [2.45, 2.75) is 25.4 Å². The van der Waals surface area contributed by atoms with E-state index in [-0.39, 0.29) is 12.0 Å². The van der Waals surface area contributed by atoms with Crippen molar-refractivity contribution in [1.82, 2.24) is 0 Å². The molecule has 2 atom stereocenters. The number of methoxy groups -OCH3 is 1. The van der Waals surface area contributed by atoms with Gasteiger partial charge < -0.3 is 4.74 Å². The van der Waals surface area contributed by atoms with E-state index in [4.69, 9.17) is 11.6 Å². The SMILES string of the molecule is CCC(=O)C(c1ccc(Cl)cc1)C(C(=O)OC)C(=O)C(F)(F)F. The van der Waals surface area contributed by atoms with Gasteiger partial charge in [-0.2, -0.15) is 13.2 Å². The van der Waals surface area contributed by atoms with E-state index in [2.05, 4.69) is 4.74 Å². The maximum atomic E-state index is 12.8. The third-order valence-electron chi connectivity index (χ3n) is 3.27. The Morgan fingerprint density at radius 3 is 2.09 bits per heavy atom. The van der Waals surface area contributed by atoms with Gasteiger partial charge in [-0.15, -0.1) is 0 Å². The lowest BCUT2D eigenvalue weighted by Crippen LogP contribution is -2.42. The second-order valence-electron chi connectivity index (χ2n) is 4.71. The Kier molecular flexibility index (Phi) is 6.32. The fourth-order valence-corrected chi connectivity index (χ4v) is 2.28. The predicted octanol–water partition coefficient (Wildman–Crippen LogP) is 3.32. The average Bonchev–Trinajstić information content (AvgIpc) is 2.50. The lowest BCUT2D eigenvalue weighted by molar-refractivity contribution is -0.181. The van der Waals surface area contributed by atoms with E-state index in [0.29, 0.717) is 5.02 Å². The highest BCUT2D eigenvalue weighted by Crippen LogP contribution is 2.34. The minimum Gasteiger partial charge on any atom is -0.468 e. The van der Waals surface area contributed by atoms with Gasteiger partial charge >= 0.3 is 12.1 Å². The van der Waals surface area contributed by atoms with Crippen molar-refractivity contribution >= 4 is 29.1 Å². The van der Waals surface area contributed by atoms with Gasteiger partial charge in [0.2, 0.25) is 0 Å². The van der Waals surface area contributed by atoms with Crippen molar-refractivity contribution in [3.05, 3.63) is 34.9 Å². The molecule has 0 aromatic heterocycles. The summed E-state index contributed by atoms with van der Waals surface area (Å²) in [6.07, 6.45) is -5.41. The fourth-order valence-electron chi connectivity index (χ4n) is 2.15. The van der Waals surface area contributed by atoms with E-state index in [0.717, 1.165) is 7.11 Å². The van der Waals surface area contributed by atoms with E-state index in [1.54, 1.807) is 0 Å². The molecule has 0 saturated carbocycles. The van der Waals surface area contributed by atoms with Crippen LogP contribution in [0.3, 0.4) is 0 Å². The number of halogens is 4. The molecule has 4 nitrogen and oxygen atoms in total. The normalized spacial score (nSPS) is 14.0. The molecule has 1 aromatic rings. The quantitative estimate of drug-likeness (QED) is 0.583. The predicted molar refractivity (Wildman–Crippen MR) is 76.1 cm³/mol. The van der Waals surface area contributed by atoms with Gasteiger partial charge in [-0.3, -0.25) is 14.4 Å². The zero-order chi connectivity index (χ0) is 17.8. The number of esters is 1. The number of Topliss-reactive ketones (excluding diaryl/α,β-unsaturated/α-hetero) is 2. The number of carbonyl (C=O) groups is 3. The maximum Gasteiger partial charge on any atom is 0.450 e. The van der Waals surface area contributed by atoms with Crippen molar-refractivity contribution in [2.24, 2.45) is 5.92 Å². The number of ketones is 2. The lowest BCUT2D eigenvalue weighted by atomic mass is 9.79. The van der Waals surface area contributed by atoms with Crippen LogP contribution in [0.5, 0.6) is 0 Å². The largest absolute Gasteiger partial charge is 0.468 e. The number of benzene rings is 1. The Morgan fingerprint density at radius 2 is 1.70 bits per heavy atom. The summed E-state index contributed by atoms with van der Waals surface area (Å²) < 4.78 is 42.8. The summed E-state index contributed by atoms with van der Waals surface area (Å²) in [4.78, 5) is 35.6. The minimum atomic E-state index is -5.27. The van der Waals surface area contributed by atoms with Gasteiger partial charge in [0.1, 0.15) is 11.7 Å². The molecule has 8 heteroatoms. The van der Waals surface area contributed by atoms with Crippen molar-refractivity contribution in [3.8, 4) is 0 Å². The van der Waals surface area contributed by atoms with Crippen molar-refractivity contribution < 1.29 is 32.3 Å². The molecule has 0 bridgehead atoms. The van der Waals surface area contributed by atoms with Gasteiger partial charge in [0.05, 0.1) is 13.0 Å². The summed E-state index contributed by atoms with van der Waals surface area (Å²) in [5.74, 6) is -8.27. The molecule has 0 heterocycles. The summed E-state index contributed by atoms with van der Waals surface area (Å²) in [5.41, 5.74) is 0.0919. The number of rotatable bonds is 6. The van der Waals surface area contributed by atoms with E-state index < -0.39 is 35.5 Å². The zero-order valence-corrected chi connectivity index (χ0v) is 13.1. The molecule has 1 rings (SSSR count). The van der Waals surface area contributed by atoms with Crippen LogP contribution in [-0.4, -0.2) is 30.8 Å². The Hall–Kier alpha value is -1.89. The lowest BCUT2D eigenvalue weighted by Gasteiger charge is -2.24. The first-order chi connectivity index (χ1) is 10.6. The molecule has 126 valence electrons. The Morgan fingerprint density at radius 1 is 1.17 bits per heavy atom. The van der Waals surface area contributed by atoms with Crippen LogP contribution >= 0.6 is 11.6 Å². The molecule has 0 aliphatic heterocycles. The van der Waals surface area contributed by atoms with E-state index in [1.165, 1.54) is 31.2 Å². The molecule has 1 aromatic carbocycles. The second-order valence-corrected chi connectivity index (χ2v) is 5.15. The van der Waals surface area contributed by atoms with Gasteiger partial charge in [-0.25, -0.2) is 0 Å². The Balaban J connectivity index is 3.44. The topological polar surface area (TPSA) is 60.4 Å². The van der Waals surface area contributed by atoms with Crippen LogP contribution in [-0.2, 0) is 19.1 Å². The minimum absolute atomic E-state index is 0.0919. The third kappa shape index (κ3) is 4.54. The van der Waals surface area contributed by atoms with Crippen LogP contribution < -0.4 is 0 Å². The van der Waals surface area contributed by atoms with Crippen molar-refractivity contribution in [2.75, 3.05) is 7.11 Å². The van der Waals surface area contributed by atoms with Gasteiger partial charge in [0.15, 0.2) is 0 Å². The molecule has 23 heavy (non-hydrogen) atoms. The Labute approximate surface area is 135 Å². The molecule has 0 aliphatic carbocycles. The first-order valence-electron chi connectivity index (χ1n) is 6.60. The summed E-state index contributed by atoms with van der Waals surface area (Å²) in [6.45, 7) is 1.43. The summed E-state index contributed by atoms with van der Waals surface area (Å²) in [6, 6.07) is 5.33. The van der Waals surface area contributed by atoms with Gasteiger partial charge in [0, 0.05) is 11.4 Å². The van der Waals surface area contributed by atoms with Crippen LogP contribution in [0.2, 0.25) is 5.02 Å². The second kappa shape index (κ2) is 7.59. The van der Waals surface area contributed by atoms with Gasteiger partial charge in [0.25, 0.3) is 5.78 Å². The highest BCUT2D eigenvalue weighted by Gasteiger charge is 2.51. The third-order valence-corrected chi connectivity index (χ3v) is 3.53. The number of carbonyl (C=O) groups excluding carboxylic acids is 3. The summed E-state index contributed by atoms with van der Waals surface area (Å²) in [5, 5.41) is 0.299. The zero-order valence-electron chi connectivity index (χ0n) is 12.3. The number of alkyl halides is 3. The molecule has 0 amide bonds. The van der Waals surface area contributed by atoms with Crippen LogP contribution in [0.15, 0.2) is 24.3 Å². The molecule has 2 unspecified atom stereocenters. The summed E-state index contributed by atoms with van der Waals surface area (Å²) in [7, 11) is 0.855. The molecule has 0 saturated heterocycles. The van der Waals surface area contributed by atoms with Crippen LogP contribution in [0.4, 0.5) is 13.2 Å². The molecular formula is C15H14ClF3O4. The highest BCUT2D eigenvalue weighted by atomic mass is 35.5. The van der Waals surface area contributed by atoms with Gasteiger partial charge in [-0.1, -0.05) is 30.7 Å². The molecule has 0 N–H and O–H groups in total. The number of hydrogen-bond donors (Lipinski definition) is 0. The Bertz CT molecular complexity index is 596. The molecule has 0 aliphatic rings. The highest BCUT2D eigenvalue weighted by molar-refractivity contribution is 6.30. The van der Waals surface area contributed by atoms with E-state index in [1.807, 2.05) is 0 Å². The van der Waals surface area contributed by atoms with E-state index >= 15 is 0 Å². The molecule has 0 spiro atoms. The standard InChI is InChI=1S/C15H14ClF3O4/c1-3-10(20)11(8-4-6-9(16)7-5-8)12(14(22)23-2)13(21)15(17,18)19/h4-7,11-12H,3H2,1-2H3. The number of ether oxygens (including phenoxy) is 1. The van der Waals surface area contributed by atoms with E-state index in [9.17, 15) is 27.6 Å². The fraction of sp³-hybridized carbons (Fsp3) is 0.400. The van der Waals surface area contributed by atoms with Crippen LogP contribution in [0.25, 0.3) is 0 Å². The van der Waals surface area contributed by atoms with Crippen molar-refractivity contribution in [3.63, 3.8) is 0 Å². The van der Waals surface area contributed by atoms with Crippen molar-refractivity contribution in [1.29, 1.82) is 0 Å². The first kappa shape index (κ1) is 19.2. The first-order valence-corrected chi connectivity index (χ1v) is 6.98. The maximum absolute atomic E-state index is 12.8. The molecule has 0 radical (unpaired) electrons. The monoisotopic (exact) mass is 350 g/mol. The smallest absolute Gasteiger partial charge is 0.450 e. The van der Waals surface area contributed by atoms with Crippen LogP contribution in [0, 0.1) is 5.92 Å². The van der Waals surface area contributed by atoms with Crippen LogP contribution in [0.1, 0.15) is 24.8 Å². The molecular weight excluding hydrogens is 337 g/mol. The number of hydrogen-bond acceptors (Lipinski definition) is 4. The van der Waals surface area contributed by atoms with Gasteiger partial charge in [-0.05, 0) is 17.7 Å². The molecule has 0 fully saturated rings. The average molecular weight is 351 g/mol. The summed E-state index contributed by atoms with van der Waals surface area (Å²) >= 11 is 5.71.